The highest BCUT2D eigenvalue weighted by molar-refractivity contribution is 4.47. The summed E-state index contributed by atoms with van der Waals surface area (Å²) in [5, 5.41) is 0. The van der Waals surface area contributed by atoms with Gasteiger partial charge in [-0.2, -0.15) is 0 Å². The SMILES string of the molecule is C=COCCCF. The molecule has 0 rings (SSSR count). The van der Waals surface area contributed by atoms with Crippen LogP contribution in [0.15, 0.2) is 12.8 Å². The molecule has 42 valence electrons. The molecular formula is C5H9FO. The number of rotatable bonds is 4. The molecule has 0 saturated carbocycles. The highest BCUT2D eigenvalue weighted by atomic mass is 19.1. The minimum Gasteiger partial charge on any atom is -0.502 e. The van der Waals surface area contributed by atoms with Crippen molar-refractivity contribution in [2.24, 2.45) is 0 Å². The number of halogens is 1. The summed E-state index contributed by atoms with van der Waals surface area (Å²) in [6, 6.07) is 0. The smallest absolute Gasteiger partial charge is 0.0926 e. The standard InChI is InChI=1S/C5H9FO/c1-2-7-5-3-4-6/h2H,1,3-5H2. The molecule has 0 radical (unpaired) electrons. The van der Waals surface area contributed by atoms with Crippen molar-refractivity contribution in [3.05, 3.63) is 12.8 Å². The molecule has 0 aliphatic carbocycles. The summed E-state index contributed by atoms with van der Waals surface area (Å²) >= 11 is 0. The molecule has 2 heteroatoms. The van der Waals surface area contributed by atoms with Crippen LogP contribution in [-0.2, 0) is 4.74 Å². The van der Waals surface area contributed by atoms with E-state index in [0.717, 1.165) is 0 Å². The molecule has 0 heterocycles. The fourth-order valence-electron chi connectivity index (χ4n) is 0.221. The van der Waals surface area contributed by atoms with Gasteiger partial charge in [0.15, 0.2) is 0 Å². The molecule has 0 aliphatic rings. The third kappa shape index (κ3) is 5.47. The van der Waals surface area contributed by atoms with Gasteiger partial charge in [-0.1, -0.05) is 6.58 Å². The topological polar surface area (TPSA) is 9.23 Å². The Bertz CT molecular complexity index is 45.3. The van der Waals surface area contributed by atoms with E-state index in [-0.39, 0.29) is 6.67 Å². The van der Waals surface area contributed by atoms with Gasteiger partial charge in [0, 0.05) is 6.42 Å². The fourth-order valence-corrected chi connectivity index (χ4v) is 0.221. The predicted octanol–water partition coefficient (Wildman–Crippen LogP) is 1.51. The summed E-state index contributed by atoms with van der Waals surface area (Å²) in [5.41, 5.74) is 0. The van der Waals surface area contributed by atoms with Crippen LogP contribution >= 0.6 is 0 Å². The zero-order valence-corrected chi connectivity index (χ0v) is 4.19. The largest absolute Gasteiger partial charge is 0.502 e. The minimum absolute atomic E-state index is 0.312. The van der Waals surface area contributed by atoms with E-state index in [1.165, 1.54) is 6.26 Å². The van der Waals surface area contributed by atoms with E-state index in [2.05, 4.69) is 11.3 Å². The Morgan fingerprint density at radius 3 is 2.86 bits per heavy atom. The summed E-state index contributed by atoms with van der Waals surface area (Å²) in [6.07, 6.45) is 1.78. The molecule has 0 aromatic heterocycles. The highest BCUT2D eigenvalue weighted by Gasteiger charge is 1.79. The van der Waals surface area contributed by atoms with Gasteiger partial charge in [0.25, 0.3) is 0 Å². The zero-order valence-electron chi connectivity index (χ0n) is 4.19. The molecule has 0 N–H and O–H groups in total. The van der Waals surface area contributed by atoms with Gasteiger partial charge in [0.05, 0.1) is 19.5 Å². The summed E-state index contributed by atoms with van der Waals surface area (Å²) in [6.45, 7) is 3.42. The number of hydrogen-bond acceptors (Lipinski definition) is 1. The quantitative estimate of drug-likeness (QED) is 0.388. The lowest BCUT2D eigenvalue weighted by atomic mass is 10.5. The molecule has 1 nitrogen and oxygen atoms in total. The molecule has 0 amide bonds. The Morgan fingerprint density at radius 1 is 1.71 bits per heavy atom. The van der Waals surface area contributed by atoms with Crippen molar-refractivity contribution in [1.29, 1.82) is 0 Å². The second-order valence-electron chi connectivity index (χ2n) is 1.08. The van der Waals surface area contributed by atoms with Gasteiger partial charge >= 0.3 is 0 Å². The van der Waals surface area contributed by atoms with E-state index in [0.29, 0.717) is 13.0 Å². The van der Waals surface area contributed by atoms with Gasteiger partial charge in [0.1, 0.15) is 0 Å². The fraction of sp³-hybridized carbons (Fsp3) is 0.600. The lowest BCUT2D eigenvalue weighted by Crippen LogP contribution is -1.86. The molecule has 0 aromatic rings. The number of hydrogen-bond donors (Lipinski definition) is 0. The Balaban J connectivity index is 2.56. The summed E-state index contributed by atoms with van der Waals surface area (Å²) in [7, 11) is 0. The van der Waals surface area contributed by atoms with Crippen molar-refractivity contribution in [2.75, 3.05) is 13.3 Å². The van der Waals surface area contributed by atoms with Crippen LogP contribution in [0.2, 0.25) is 0 Å². The van der Waals surface area contributed by atoms with Crippen LogP contribution in [0.1, 0.15) is 6.42 Å². The Labute approximate surface area is 42.8 Å². The van der Waals surface area contributed by atoms with Crippen molar-refractivity contribution in [1.82, 2.24) is 0 Å². The van der Waals surface area contributed by atoms with Crippen molar-refractivity contribution >= 4 is 0 Å². The lowest BCUT2D eigenvalue weighted by Gasteiger charge is -1.92. The lowest BCUT2D eigenvalue weighted by molar-refractivity contribution is 0.233. The van der Waals surface area contributed by atoms with E-state index in [9.17, 15) is 4.39 Å². The minimum atomic E-state index is -0.312. The first-order valence-electron chi connectivity index (χ1n) is 2.20. The highest BCUT2D eigenvalue weighted by Crippen LogP contribution is 1.81. The summed E-state index contributed by atoms with van der Waals surface area (Å²) < 4.78 is 15.8. The van der Waals surface area contributed by atoms with Crippen molar-refractivity contribution in [3.63, 3.8) is 0 Å². The molecule has 0 aromatic carbocycles. The van der Waals surface area contributed by atoms with Crippen molar-refractivity contribution < 1.29 is 9.13 Å². The molecule has 7 heavy (non-hydrogen) atoms. The molecule has 0 aliphatic heterocycles. The Morgan fingerprint density at radius 2 is 2.43 bits per heavy atom. The first-order chi connectivity index (χ1) is 3.41. The van der Waals surface area contributed by atoms with E-state index in [4.69, 9.17) is 0 Å². The van der Waals surface area contributed by atoms with Crippen LogP contribution in [-0.4, -0.2) is 13.3 Å². The molecule has 0 spiro atoms. The van der Waals surface area contributed by atoms with Crippen LogP contribution in [0.5, 0.6) is 0 Å². The van der Waals surface area contributed by atoms with E-state index in [1.807, 2.05) is 0 Å². The van der Waals surface area contributed by atoms with Gasteiger partial charge in [-0.15, -0.1) is 0 Å². The van der Waals surface area contributed by atoms with Gasteiger partial charge in [0.2, 0.25) is 0 Å². The number of alkyl halides is 1. The predicted molar refractivity (Wildman–Crippen MR) is 26.7 cm³/mol. The van der Waals surface area contributed by atoms with Crippen LogP contribution in [0.4, 0.5) is 4.39 Å². The van der Waals surface area contributed by atoms with Gasteiger partial charge in [-0.3, -0.25) is 4.39 Å². The van der Waals surface area contributed by atoms with Crippen LogP contribution in [0.3, 0.4) is 0 Å². The molecule has 0 bridgehead atoms. The Kier molecular flexibility index (Phi) is 5.06. The Hall–Kier alpha value is -0.530. The molecular weight excluding hydrogens is 95.1 g/mol. The number of ether oxygens (including phenoxy) is 1. The van der Waals surface area contributed by atoms with Crippen LogP contribution in [0, 0.1) is 0 Å². The van der Waals surface area contributed by atoms with Gasteiger partial charge in [-0.05, 0) is 0 Å². The normalized spacial score (nSPS) is 8.14. The summed E-state index contributed by atoms with van der Waals surface area (Å²) in [5.74, 6) is 0. The molecule has 0 atom stereocenters. The third-order valence-electron chi connectivity index (χ3n) is 0.514. The maximum atomic E-state index is 11.2. The van der Waals surface area contributed by atoms with Crippen LogP contribution < -0.4 is 0 Å². The van der Waals surface area contributed by atoms with E-state index < -0.39 is 0 Å². The average molecular weight is 104 g/mol. The van der Waals surface area contributed by atoms with E-state index >= 15 is 0 Å². The maximum Gasteiger partial charge on any atom is 0.0926 e. The second kappa shape index (κ2) is 5.47. The van der Waals surface area contributed by atoms with Crippen molar-refractivity contribution in [3.8, 4) is 0 Å². The van der Waals surface area contributed by atoms with Gasteiger partial charge < -0.3 is 4.74 Å². The van der Waals surface area contributed by atoms with Gasteiger partial charge in [-0.25, -0.2) is 0 Å². The van der Waals surface area contributed by atoms with E-state index in [1.54, 1.807) is 0 Å². The average Bonchev–Trinajstić information content (AvgIpc) is 1.69. The van der Waals surface area contributed by atoms with Crippen molar-refractivity contribution in [2.45, 2.75) is 6.42 Å². The first-order valence-corrected chi connectivity index (χ1v) is 2.20. The zero-order chi connectivity index (χ0) is 5.54. The maximum absolute atomic E-state index is 11.2. The molecule has 0 fully saturated rings. The molecule has 0 saturated heterocycles. The second-order valence-corrected chi connectivity index (χ2v) is 1.08. The van der Waals surface area contributed by atoms with Crippen LogP contribution in [0.25, 0.3) is 0 Å². The summed E-state index contributed by atoms with van der Waals surface area (Å²) in [4.78, 5) is 0. The molecule has 0 unspecified atom stereocenters. The first kappa shape index (κ1) is 6.47. The third-order valence-corrected chi connectivity index (χ3v) is 0.514. The monoisotopic (exact) mass is 104 g/mol.